The maximum atomic E-state index is 6.48. The van der Waals surface area contributed by atoms with E-state index < -0.39 is 0 Å². The highest BCUT2D eigenvalue weighted by Crippen LogP contribution is 2.35. The molecular formula is C25H21Cl2NO2S. The fraction of sp³-hybridized carbons (Fsp3) is 0.160. The van der Waals surface area contributed by atoms with Crippen LogP contribution < -0.4 is 4.74 Å². The van der Waals surface area contributed by atoms with Gasteiger partial charge in [0.15, 0.2) is 5.75 Å². The molecule has 2 aromatic rings. The Balaban J connectivity index is 1.47. The molecule has 0 unspecified atom stereocenters. The molecule has 3 nitrogen and oxygen atoms in total. The molecule has 1 heterocycles. The normalized spacial score (nSPS) is 15.2. The van der Waals surface area contributed by atoms with Gasteiger partial charge in [0.05, 0.1) is 10.0 Å². The van der Waals surface area contributed by atoms with Crippen molar-refractivity contribution in [2.24, 2.45) is 0 Å². The maximum absolute atomic E-state index is 6.48. The molecule has 0 atom stereocenters. The van der Waals surface area contributed by atoms with Gasteiger partial charge in [-0.25, -0.2) is 0 Å². The molecule has 0 radical (unpaired) electrons. The second kappa shape index (κ2) is 10.2. The van der Waals surface area contributed by atoms with Crippen LogP contribution in [0.4, 0.5) is 0 Å². The van der Waals surface area contributed by atoms with Gasteiger partial charge in [-0.3, -0.25) is 0 Å². The van der Waals surface area contributed by atoms with Crippen LogP contribution >= 0.6 is 35.4 Å². The summed E-state index contributed by atoms with van der Waals surface area (Å²) in [6, 6.07) is 13.4. The first-order valence-electron chi connectivity index (χ1n) is 9.97. The Labute approximate surface area is 197 Å². The lowest BCUT2D eigenvalue weighted by Crippen LogP contribution is -2.22. The average Bonchev–Trinajstić information content (AvgIpc) is 2.79. The number of hydrogen-bond donors (Lipinski definition) is 0. The summed E-state index contributed by atoms with van der Waals surface area (Å²) in [5.74, 6) is 1.29. The first-order chi connectivity index (χ1) is 15.1. The number of thiocarbonyl (C=S) groups is 1. The molecule has 4 rings (SSSR count). The highest BCUT2D eigenvalue weighted by molar-refractivity contribution is 7.80. The van der Waals surface area contributed by atoms with Gasteiger partial charge in [-0.05, 0) is 30.5 Å². The zero-order valence-electron chi connectivity index (χ0n) is 16.8. The van der Waals surface area contributed by atoms with Crippen molar-refractivity contribution < 1.29 is 9.47 Å². The van der Waals surface area contributed by atoms with Gasteiger partial charge in [-0.2, -0.15) is 0 Å². The third-order valence-electron chi connectivity index (χ3n) is 4.93. The number of hydrogen-bond acceptors (Lipinski definition) is 3. The molecule has 0 amide bonds. The molecule has 158 valence electrons. The Morgan fingerprint density at radius 3 is 2.61 bits per heavy atom. The van der Waals surface area contributed by atoms with E-state index in [-0.39, 0.29) is 0 Å². The van der Waals surface area contributed by atoms with Crippen molar-refractivity contribution in [2.45, 2.75) is 25.9 Å². The maximum Gasteiger partial charge on any atom is 0.157 e. The number of benzene rings is 2. The molecule has 0 saturated carbocycles. The SMILES string of the molecule is S=C(c1cc(Cl)c(OCc2ccccc2)c(Cl)c1)N1C=COC(CC2=CC=CCC2)=C1. The third-order valence-corrected chi connectivity index (χ3v) is 5.94. The van der Waals surface area contributed by atoms with Crippen LogP contribution in [0.5, 0.6) is 5.75 Å². The van der Waals surface area contributed by atoms with Crippen molar-refractivity contribution >= 4 is 40.4 Å². The Kier molecular flexibility index (Phi) is 7.13. The van der Waals surface area contributed by atoms with Gasteiger partial charge >= 0.3 is 0 Å². The monoisotopic (exact) mass is 469 g/mol. The second-order valence-electron chi connectivity index (χ2n) is 7.22. The quantitative estimate of drug-likeness (QED) is 0.406. The first-order valence-corrected chi connectivity index (χ1v) is 11.1. The van der Waals surface area contributed by atoms with Crippen LogP contribution in [-0.4, -0.2) is 9.89 Å². The number of allylic oxidation sites excluding steroid dienone is 4. The molecule has 1 aliphatic carbocycles. The molecule has 2 aliphatic rings. The van der Waals surface area contributed by atoms with E-state index >= 15 is 0 Å². The smallest absolute Gasteiger partial charge is 0.157 e. The zero-order valence-corrected chi connectivity index (χ0v) is 19.1. The van der Waals surface area contributed by atoms with E-state index in [2.05, 4.69) is 18.2 Å². The van der Waals surface area contributed by atoms with Crippen molar-refractivity contribution in [1.29, 1.82) is 0 Å². The molecule has 0 fully saturated rings. The molecule has 1 aliphatic heterocycles. The minimum atomic E-state index is 0.382. The minimum absolute atomic E-state index is 0.382. The summed E-state index contributed by atoms with van der Waals surface area (Å²) < 4.78 is 11.5. The van der Waals surface area contributed by atoms with E-state index in [1.54, 1.807) is 24.6 Å². The predicted molar refractivity (Wildman–Crippen MR) is 130 cm³/mol. The lowest BCUT2D eigenvalue weighted by atomic mass is 10.0. The van der Waals surface area contributed by atoms with E-state index in [9.17, 15) is 0 Å². The largest absolute Gasteiger partial charge is 0.486 e. The summed E-state index contributed by atoms with van der Waals surface area (Å²) in [7, 11) is 0. The first kappa shape index (κ1) is 21.7. The Hall–Kier alpha value is -2.53. The van der Waals surface area contributed by atoms with Crippen LogP contribution in [0.2, 0.25) is 10.0 Å². The van der Waals surface area contributed by atoms with Crippen LogP contribution in [0.3, 0.4) is 0 Å². The number of rotatable bonds is 6. The van der Waals surface area contributed by atoms with Crippen molar-refractivity contribution in [1.82, 2.24) is 4.90 Å². The van der Waals surface area contributed by atoms with Crippen LogP contribution in [0, 0.1) is 0 Å². The Bertz CT molecular complexity index is 1070. The summed E-state index contributed by atoms with van der Waals surface area (Å²) in [4.78, 5) is 2.42. The van der Waals surface area contributed by atoms with E-state index in [0.717, 1.165) is 36.1 Å². The summed E-state index contributed by atoms with van der Waals surface area (Å²) in [6.45, 7) is 0.382. The number of ether oxygens (including phenoxy) is 2. The van der Waals surface area contributed by atoms with Crippen LogP contribution in [-0.2, 0) is 11.3 Å². The van der Waals surface area contributed by atoms with Gasteiger partial charge in [0.25, 0.3) is 0 Å². The fourth-order valence-electron chi connectivity index (χ4n) is 3.35. The van der Waals surface area contributed by atoms with Gasteiger partial charge in [0.2, 0.25) is 0 Å². The van der Waals surface area contributed by atoms with Gasteiger partial charge in [-0.15, -0.1) is 0 Å². The summed E-state index contributed by atoms with van der Waals surface area (Å²) in [5.41, 5.74) is 3.11. The van der Waals surface area contributed by atoms with Crippen LogP contribution in [0.25, 0.3) is 0 Å². The highest BCUT2D eigenvalue weighted by Gasteiger charge is 2.18. The van der Waals surface area contributed by atoms with Gasteiger partial charge in [0.1, 0.15) is 23.6 Å². The molecule has 0 N–H and O–H groups in total. The van der Waals surface area contributed by atoms with Gasteiger partial charge < -0.3 is 14.4 Å². The second-order valence-corrected chi connectivity index (χ2v) is 8.42. The zero-order chi connectivity index (χ0) is 21.6. The topological polar surface area (TPSA) is 21.7 Å². The lowest BCUT2D eigenvalue weighted by Gasteiger charge is -2.23. The van der Waals surface area contributed by atoms with Crippen molar-refractivity contribution in [3.05, 3.63) is 112 Å². The summed E-state index contributed by atoms with van der Waals surface area (Å²) in [5, 5.41) is 0.836. The van der Waals surface area contributed by atoms with E-state index in [4.69, 9.17) is 44.9 Å². The van der Waals surface area contributed by atoms with Crippen LogP contribution in [0.15, 0.2) is 90.7 Å². The third kappa shape index (κ3) is 5.59. The molecule has 31 heavy (non-hydrogen) atoms. The van der Waals surface area contributed by atoms with E-state index in [0.29, 0.717) is 27.4 Å². The lowest BCUT2D eigenvalue weighted by molar-refractivity contribution is 0.306. The summed E-state index contributed by atoms with van der Waals surface area (Å²) in [6.07, 6.45) is 14.6. The standard InChI is InChI=1S/C25H21Cl2NO2S/c26-22-14-20(15-23(27)24(22)30-17-19-9-5-2-6-10-19)25(31)28-11-12-29-21(16-28)13-18-7-3-1-4-8-18/h1-3,5-7,9-12,14-16H,4,8,13,17H2. The number of nitrogens with zero attached hydrogens (tertiary/aromatic N) is 1. The van der Waals surface area contributed by atoms with Crippen molar-refractivity contribution in [3.8, 4) is 5.75 Å². The molecule has 0 bridgehead atoms. The van der Waals surface area contributed by atoms with Crippen molar-refractivity contribution in [3.63, 3.8) is 0 Å². The molecular weight excluding hydrogens is 449 g/mol. The predicted octanol–water partition coefficient (Wildman–Crippen LogP) is 7.56. The Morgan fingerprint density at radius 1 is 1.13 bits per heavy atom. The van der Waals surface area contributed by atoms with E-state index in [1.807, 2.05) is 41.4 Å². The van der Waals surface area contributed by atoms with Gasteiger partial charge in [0, 0.05) is 24.4 Å². The molecule has 2 aromatic carbocycles. The Morgan fingerprint density at radius 2 is 1.90 bits per heavy atom. The van der Waals surface area contributed by atoms with Crippen LogP contribution in [0.1, 0.15) is 30.4 Å². The molecule has 6 heteroatoms. The van der Waals surface area contributed by atoms with Crippen molar-refractivity contribution in [2.75, 3.05) is 0 Å². The minimum Gasteiger partial charge on any atom is -0.486 e. The number of halogens is 2. The molecule has 0 saturated heterocycles. The summed E-state index contributed by atoms with van der Waals surface area (Å²) >= 11 is 18.7. The van der Waals surface area contributed by atoms with Gasteiger partial charge in [-0.1, -0.05) is 89.6 Å². The molecule has 0 aromatic heterocycles. The van der Waals surface area contributed by atoms with E-state index in [1.165, 1.54) is 5.57 Å². The molecule has 0 spiro atoms. The average molecular weight is 470 g/mol. The fourth-order valence-corrected chi connectivity index (χ4v) is 4.18. The highest BCUT2D eigenvalue weighted by atomic mass is 35.5.